The number of benzene rings is 1. The first-order valence-electron chi connectivity index (χ1n) is 4.70. The summed E-state index contributed by atoms with van der Waals surface area (Å²) in [5, 5.41) is 8.37. The number of rotatable bonds is 3. The smallest absolute Gasteiger partial charge is 0.390 e. The standard InChI is InChI=1S/C10H9F6NO.ClH/c11-7-3-5(10(14,15)16)1-2-6(7)8(17)9(12,13)4-18;/h1-3,8,18H,4,17H2;1H/t8-;/m1./s1. The average Bonchev–Trinajstić information content (AvgIpc) is 2.26. The molecule has 0 saturated heterocycles. The first-order valence-corrected chi connectivity index (χ1v) is 4.70. The Labute approximate surface area is 110 Å². The largest absolute Gasteiger partial charge is 0.416 e. The van der Waals surface area contributed by atoms with Crippen molar-refractivity contribution in [3.8, 4) is 0 Å². The maximum Gasteiger partial charge on any atom is 0.416 e. The van der Waals surface area contributed by atoms with Crippen molar-refractivity contribution in [1.29, 1.82) is 0 Å². The fraction of sp³-hybridized carbons (Fsp3) is 0.400. The van der Waals surface area contributed by atoms with Gasteiger partial charge in [-0.15, -0.1) is 12.4 Å². The minimum Gasteiger partial charge on any atom is -0.390 e. The van der Waals surface area contributed by atoms with Crippen molar-refractivity contribution < 1.29 is 31.4 Å². The summed E-state index contributed by atoms with van der Waals surface area (Å²) in [6.07, 6.45) is -4.77. The van der Waals surface area contributed by atoms with Gasteiger partial charge in [-0.25, -0.2) is 13.2 Å². The van der Waals surface area contributed by atoms with Gasteiger partial charge < -0.3 is 10.8 Å². The van der Waals surface area contributed by atoms with Crippen LogP contribution in [0.1, 0.15) is 17.2 Å². The lowest BCUT2D eigenvalue weighted by Crippen LogP contribution is -2.36. The molecule has 1 aromatic carbocycles. The van der Waals surface area contributed by atoms with E-state index in [-0.39, 0.29) is 18.5 Å². The monoisotopic (exact) mass is 309 g/mol. The van der Waals surface area contributed by atoms with Crippen molar-refractivity contribution in [1.82, 2.24) is 0 Å². The number of alkyl halides is 5. The van der Waals surface area contributed by atoms with E-state index in [2.05, 4.69) is 0 Å². The van der Waals surface area contributed by atoms with Crippen LogP contribution in [0.3, 0.4) is 0 Å². The van der Waals surface area contributed by atoms with E-state index in [1.54, 1.807) is 0 Å². The molecule has 0 aromatic heterocycles. The predicted octanol–water partition coefficient (Wildman–Crippen LogP) is 2.89. The molecule has 1 aromatic rings. The van der Waals surface area contributed by atoms with E-state index in [0.717, 1.165) is 0 Å². The number of nitrogens with two attached hydrogens (primary N) is 1. The third-order valence-electron chi connectivity index (χ3n) is 2.33. The molecule has 110 valence electrons. The number of aliphatic hydroxyl groups is 1. The Bertz CT molecular complexity index is 437. The highest BCUT2D eigenvalue weighted by Gasteiger charge is 2.39. The third-order valence-corrected chi connectivity index (χ3v) is 2.33. The van der Waals surface area contributed by atoms with E-state index < -0.39 is 41.7 Å². The lowest BCUT2D eigenvalue weighted by molar-refractivity contribution is -0.137. The van der Waals surface area contributed by atoms with Gasteiger partial charge in [0.1, 0.15) is 12.4 Å². The summed E-state index contributed by atoms with van der Waals surface area (Å²) in [5.74, 6) is -5.31. The quantitative estimate of drug-likeness (QED) is 0.843. The summed E-state index contributed by atoms with van der Waals surface area (Å²) >= 11 is 0. The second-order valence-corrected chi connectivity index (χ2v) is 3.63. The van der Waals surface area contributed by atoms with Gasteiger partial charge in [0, 0.05) is 5.56 Å². The SMILES string of the molecule is Cl.N[C@H](c1ccc(C(F)(F)F)cc1F)C(F)(F)CO. The van der Waals surface area contributed by atoms with Crippen LogP contribution in [0, 0.1) is 5.82 Å². The predicted molar refractivity (Wildman–Crippen MR) is 57.6 cm³/mol. The second-order valence-electron chi connectivity index (χ2n) is 3.63. The molecule has 19 heavy (non-hydrogen) atoms. The van der Waals surface area contributed by atoms with Crippen molar-refractivity contribution in [3.63, 3.8) is 0 Å². The number of hydrogen-bond acceptors (Lipinski definition) is 2. The summed E-state index contributed by atoms with van der Waals surface area (Å²) in [7, 11) is 0. The normalized spacial score (nSPS) is 13.9. The number of aliphatic hydroxyl groups excluding tert-OH is 1. The molecule has 0 aliphatic rings. The Morgan fingerprint density at radius 2 is 1.68 bits per heavy atom. The van der Waals surface area contributed by atoms with Crippen molar-refractivity contribution >= 4 is 12.4 Å². The maximum absolute atomic E-state index is 13.3. The minimum absolute atomic E-state index is 0. The molecule has 0 amide bonds. The lowest BCUT2D eigenvalue weighted by atomic mass is 9.99. The van der Waals surface area contributed by atoms with Crippen LogP contribution < -0.4 is 5.73 Å². The van der Waals surface area contributed by atoms with Crippen molar-refractivity contribution in [3.05, 3.63) is 35.1 Å². The van der Waals surface area contributed by atoms with Crippen molar-refractivity contribution in [2.24, 2.45) is 5.73 Å². The van der Waals surface area contributed by atoms with Crippen LogP contribution in [0.4, 0.5) is 26.3 Å². The van der Waals surface area contributed by atoms with Crippen LogP contribution in [0.2, 0.25) is 0 Å². The van der Waals surface area contributed by atoms with Crippen molar-refractivity contribution in [2.45, 2.75) is 18.1 Å². The summed E-state index contributed by atoms with van der Waals surface area (Å²) in [6, 6.07) is -1.15. The fourth-order valence-corrected chi connectivity index (χ4v) is 1.28. The lowest BCUT2D eigenvalue weighted by Gasteiger charge is -2.22. The molecular weight excluding hydrogens is 300 g/mol. The molecule has 0 bridgehead atoms. The van der Waals surface area contributed by atoms with Gasteiger partial charge in [-0.1, -0.05) is 6.07 Å². The van der Waals surface area contributed by atoms with E-state index in [4.69, 9.17) is 10.8 Å². The van der Waals surface area contributed by atoms with E-state index >= 15 is 0 Å². The van der Waals surface area contributed by atoms with Crippen LogP contribution in [0.25, 0.3) is 0 Å². The second kappa shape index (κ2) is 5.98. The Morgan fingerprint density at radius 1 is 1.16 bits per heavy atom. The van der Waals surface area contributed by atoms with Gasteiger partial charge in [0.2, 0.25) is 0 Å². The Hall–Kier alpha value is -0.990. The number of halogens is 7. The average molecular weight is 310 g/mol. The van der Waals surface area contributed by atoms with Crippen LogP contribution >= 0.6 is 12.4 Å². The van der Waals surface area contributed by atoms with Gasteiger partial charge >= 0.3 is 6.18 Å². The zero-order valence-corrected chi connectivity index (χ0v) is 10.0. The van der Waals surface area contributed by atoms with E-state index in [1.165, 1.54) is 0 Å². The van der Waals surface area contributed by atoms with Gasteiger partial charge in [0.05, 0.1) is 11.6 Å². The maximum atomic E-state index is 13.3. The minimum atomic E-state index is -4.77. The van der Waals surface area contributed by atoms with E-state index in [1.807, 2.05) is 0 Å². The zero-order chi connectivity index (χ0) is 14.1. The van der Waals surface area contributed by atoms with Crippen LogP contribution in [0.5, 0.6) is 0 Å². The van der Waals surface area contributed by atoms with Gasteiger partial charge in [-0.05, 0) is 12.1 Å². The highest BCUT2D eigenvalue weighted by molar-refractivity contribution is 5.85. The van der Waals surface area contributed by atoms with Crippen LogP contribution in [0.15, 0.2) is 18.2 Å². The molecule has 2 nitrogen and oxygen atoms in total. The van der Waals surface area contributed by atoms with Gasteiger partial charge in [0.25, 0.3) is 5.92 Å². The molecule has 0 saturated carbocycles. The van der Waals surface area contributed by atoms with Crippen molar-refractivity contribution in [2.75, 3.05) is 6.61 Å². The summed E-state index contributed by atoms with van der Waals surface area (Å²) in [4.78, 5) is 0. The van der Waals surface area contributed by atoms with Gasteiger partial charge in [-0.3, -0.25) is 0 Å². The van der Waals surface area contributed by atoms with Crippen LogP contribution in [-0.2, 0) is 6.18 Å². The highest BCUT2D eigenvalue weighted by Crippen LogP contribution is 2.34. The Morgan fingerprint density at radius 3 is 2.05 bits per heavy atom. The molecule has 1 atom stereocenters. The highest BCUT2D eigenvalue weighted by atomic mass is 35.5. The molecule has 0 spiro atoms. The molecule has 1 rings (SSSR count). The van der Waals surface area contributed by atoms with Gasteiger partial charge in [-0.2, -0.15) is 13.2 Å². The topological polar surface area (TPSA) is 46.2 Å². The molecule has 0 unspecified atom stereocenters. The molecule has 0 aliphatic carbocycles. The molecule has 0 heterocycles. The summed E-state index contributed by atoms with van der Waals surface area (Å²) < 4.78 is 75.9. The first kappa shape index (κ1) is 18.0. The zero-order valence-electron chi connectivity index (χ0n) is 9.22. The number of hydrogen-bond donors (Lipinski definition) is 2. The Kier molecular flexibility index (Phi) is 5.66. The van der Waals surface area contributed by atoms with E-state index in [0.29, 0.717) is 12.1 Å². The van der Waals surface area contributed by atoms with E-state index in [9.17, 15) is 26.3 Å². The summed E-state index contributed by atoms with van der Waals surface area (Å²) in [6.45, 7) is -1.63. The molecule has 0 fully saturated rings. The molecular formula is C10H10ClF6NO. The molecule has 3 N–H and O–H groups in total. The first-order chi connectivity index (χ1) is 8.09. The summed E-state index contributed by atoms with van der Waals surface area (Å²) in [5.41, 5.74) is 2.92. The molecule has 0 radical (unpaired) electrons. The molecule has 0 aliphatic heterocycles. The fourth-order valence-electron chi connectivity index (χ4n) is 1.28. The Balaban J connectivity index is 0.00000324. The molecule has 9 heteroatoms. The van der Waals surface area contributed by atoms with Crippen LogP contribution in [-0.4, -0.2) is 17.6 Å². The van der Waals surface area contributed by atoms with Gasteiger partial charge in [0.15, 0.2) is 0 Å². The third kappa shape index (κ3) is 3.99.